The molecule has 184 valence electrons. The zero-order valence-electron chi connectivity index (χ0n) is 20.1. The van der Waals surface area contributed by atoms with E-state index >= 15 is 0 Å². The number of carbonyl (C=O) groups excluding carboxylic acids is 2. The molecule has 1 atom stereocenters. The van der Waals surface area contributed by atoms with Crippen molar-refractivity contribution >= 4 is 39.3 Å². The number of benzene rings is 3. The van der Waals surface area contributed by atoms with E-state index in [0.29, 0.717) is 17.2 Å². The van der Waals surface area contributed by atoms with E-state index in [1.54, 1.807) is 23.1 Å². The van der Waals surface area contributed by atoms with Crippen molar-refractivity contribution in [2.24, 2.45) is 0 Å². The van der Waals surface area contributed by atoms with Gasteiger partial charge in [0.15, 0.2) is 6.61 Å². The van der Waals surface area contributed by atoms with Gasteiger partial charge in [0.25, 0.3) is 5.91 Å². The minimum Gasteiger partial charge on any atom is -0.484 e. The van der Waals surface area contributed by atoms with Gasteiger partial charge in [0.1, 0.15) is 11.8 Å². The Morgan fingerprint density at radius 3 is 2.31 bits per heavy atom. The molecule has 5 nitrogen and oxygen atoms in total. The monoisotopic (exact) mass is 556 g/mol. The molecule has 0 bridgehead atoms. The first-order valence-electron chi connectivity index (χ1n) is 11.5. The summed E-state index contributed by atoms with van der Waals surface area (Å²) < 4.78 is 6.76. The summed E-state index contributed by atoms with van der Waals surface area (Å²) in [6.45, 7) is 5.77. The van der Waals surface area contributed by atoms with Crippen LogP contribution in [-0.4, -0.2) is 35.4 Å². The van der Waals surface area contributed by atoms with Gasteiger partial charge < -0.3 is 15.0 Å². The molecule has 0 saturated heterocycles. The maximum atomic E-state index is 13.5. The highest BCUT2D eigenvalue weighted by molar-refractivity contribution is 9.10. The molecule has 0 spiro atoms. The molecule has 0 fully saturated rings. The van der Waals surface area contributed by atoms with Crippen molar-refractivity contribution in [2.75, 3.05) is 6.61 Å². The predicted octanol–water partition coefficient (Wildman–Crippen LogP) is 5.95. The third-order valence-corrected chi connectivity index (χ3v) is 6.41. The molecule has 2 amide bonds. The quantitative estimate of drug-likeness (QED) is 0.335. The Morgan fingerprint density at radius 1 is 1.00 bits per heavy atom. The van der Waals surface area contributed by atoms with Crippen LogP contribution in [0.2, 0.25) is 5.02 Å². The maximum Gasteiger partial charge on any atom is 0.261 e. The molecule has 0 aliphatic carbocycles. The second-order valence-electron chi connectivity index (χ2n) is 8.72. The Bertz CT molecular complexity index is 1140. The second-order valence-corrected chi connectivity index (χ2v) is 10.0. The van der Waals surface area contributed by atoms with Crippen molar-refractivity contribution in [1.82, 2.24) is 10.2 Å². The average Bonchev–Trinajstić information content (AvgIpc) is 2.83. The van der Waals surface area contributed by atoms with Crippen LogP contribution < -0.4 is 10.1 Å². The van der Waals surface area contributed by atoms with Gasteiger partial charge in [0.2, 0.25) is 5.91 Å². The number of ether oxygens (including phenoxy) is 1. The van der Waals surface area contributed by atoms with E-state index in [1.807, 2.05) is 75.4 Å². The fourth-order valence-corrected chi connectivity index (χ4v) is 4.04. The van der Waals surface area contributed by atoms with Gasteiger partial charge in [-0.25, -0.2) is 0 Å². The number of nitrogens with zero attached hydrogens (tertiary/aromatic N) is 1. The normalized spacial score (nSPS) is 11.7. The topological polar surface area (TPSA) is 58.6 Å². The molecule has 1 N–H and O–H groups in total. The van der Waals surface area contributed by atoms with Gasteiger partial charge in [-0.2, -0.15) is 0 Å². The van der Waals surface area contributed by atoms with Crippen molar-refractivity contribution in [3.8, 4) is 5.75 Å². The number of rotatable bonds is 10. The highest BCUT2D eigenvalue weighted by atomic mass is 79.9. The third kappa shape index (κ3) is 8.11. The van der Waals surface area contributed by atoms with Crippen molar-refractivity contribution in [2.45, 2.75) is 45.8 Å². The molecule has 0 aliphatic heterocycles. The lowest BCUT2D eigenvalue weighted by Gasteiger charge is -2.32. The summed E-state index contributed by atoms with van der Waals surface area (Å²) in [5, 5.41) is 3.62. The van der Waals surface area contributed by atoms with Gasteiger partial charge in [-0.3, -0.25) is 9.59 Å². The molecule has 0 radical (unpaired) electrons. The van der Waals surface area contributed by atoms with Gasteiger partial charge in [-0.1, -0.05) is 70.0 Å². The molecule has 3 rings (SSSR count). The zero-order valence-corrected chi connectivity index (χ0v) is 22.5. The molecule has 35 heavy (non-hydrogen) atoms. The molecule has 0 heterocycles. The van der Waals surface area contributed by atoms with E-state index in [1.165, 1.54) is 0 Å². The van der Waals surface area contributed by atoms with Gasteiger partial charge in [-0.15, -0.1) is 0 Å². The van der Waals surface area contributed by atoms with Crippen LogP contribution in [0.15, 0.2) is 77.3 Å². The van der Waals surface area contributed by atoms with Crippen molar-refractivity contribution in [3.63, 3.8) is 0 Å². The summed E-state index contributed by atoms with van der Waals surface area (Å²) in [5.74, 6) is 0.0760. The lowest BCUT2D eigenvalue weighted by Crippen LogP contribution is -2.52. The maximum absolute atomic E-state index is 13.5. The van der Waals surface area contributed by atoms with E-state index in [0.717, 1.165) is 21.2 Å². The van der Waals surface area contributed by atoms with Gasteiger partial charge in [-0.05, 0) is 67.8 Å². The molecule has 3 aromatic rings. The number of hydrogen-bond donors (Lipinski definition) is 1. The Morgan fingerprint density at radius 2 is 1.69 bits per heavy atom. The number of halogens is 2. The summed E-state index contributed by atoms with van der Waals surface area (Å²) in [7, 11) is 0. The number of nitrogens with one attached hydrogen (secondary N) is 1. The van der Waals surface area contributed by atoms with Gasteiger partial charge >= 0.3 is 0 Å². The highest BCUT2D eigenvalue weighted by Gasteiger charge is 2.31. The number of carbonyl (C=O) groups is 2. The SMILES string of the molecule is Cc1cc(OCC(=O)N(Cc2ccc(Br)cc2)[C@@H](Cc2ccccc2)C(=O)NC(C)C)ccc1Cl. The van der Waals surface area contributed by atoms with Crippen molar-refractivity contribution in [3.05, 3.63) is 99.0 Å². The summed E-state index contributed by atoms with van der Waals surface area (Å²) >= 11 is 9.56. The predicted molar refractivity (Wildman–Crippen MR) is 144 cm³/mol. The van der Waals surface area contributed by atoms with Crippen LogP contribution in [0.1, 0.15) is 30.5 Å². The minimum absolute atomic E-state index is 0.0568. The van der Waals surface area contributed by atoms with Crippen LogP contribution in [0.4, 0.5) is 0 Å². The first-order chi connectivity index (χ1) is 16.7. The smallest absolute Gasteiger partial charge is 0.261 e. The van der Waals surface area contributed by atoms with E-state index in [9.17, 15) is 9.59 Å². The zero-order chi connectivity index (χ0) is 25.4. The lowest BCUT2D eigenvalue weighted by molar-refractivity contribution is -0.143. The van der Waals surface area contributed by atoms with Crippen molar-refractivity contribution in [1.29, 1.82) is 0 Å². The first-order valence-corrected chi connectivity index (χ1v) is 12.7. The fraction of sp³-hybridized carbons (Fsp3) is 0.286. The van der Waals surface area contributed by atoms with Crippen LogP contribution in [0.5, 0.6) is 5.75 Å². The third-order valence-electron chi connectivity index (χ3n) is 5.46. The Kier molecular flexibility index (Phi) is 9.75. The summed E-state index contributed by atoms with van der Waals surface area (Å²) in [6.07, 6.45) is 0.391. The molecule has 0 unspecified atom stereocenters. The van der Waals surface area contributed by atoms with E-state index in [2.05, 4.69) is 21.2 Å². The second kappa shape index (κ2) is 12.8. The van der Waals surface area contributed by atoms with E-state index in [-0.39, 0.29) is 31.0 Å². The van der Waals surface area contributed by atoms with Crippen LogP contribution in [0.3, 0.4) is 0 Å². The van der Waals surface area contributed by atoms with E-state index in [4.69, 9.17) is 16.3 Å². The van der Waals surface area contributed by atoms with Crippen LogP contribution >= 0.6 is 27.5 Å². The van der Waals surface area contributed by atoms with Crippen LogP contribution in [0.25, 0.3) is 0 Å². The standard InChI is InChI=1S/C28H30BrClN2O3/c1-19(2)31-28(34)26(16-21-7-5-4-6-8-21)32(17-22-9-11-23(29)12-10-22)27(33)18-35-24-13-14-25(30)20(3)15-24/h4-15,19,26H,16-18H2,1-3H3,(H,31,34)/t26-/m0/s1. The highest BCUT2D eigenvalue weighted by Crippen LogP contribution is 2.22. The average molecular weight is 558 g/mol. The Hall–Kier alpha value is -2.83. The largest absolute Gasteiger partial charge is 0.484 e. The van der Waals surface area contributed by atoms with Gasteiger partial charge in [0.05, 0.1) is 0 Å². The Balaban J connectivity index is 1.90. The number of amides is 2. The molecule has 0 aromatic heterocycles. The number of aryl methyl sites for hydroxylation is 1. The molecule has 0 aliphatic rings. The lowest BCUT2D eigenvalue weighted by atomic mass is 10.0. The molecule has 7 heteroatoms. The molecular weight excluding hydrogens is 528 g/mol. The Labute approximate surface area is 220 Å². The van der Waals surface area contributed by atoms with E-state index < -0.39 is 6.04 Å². The summed E-state index contributed by atoms with van der Waals surface area (Å²) in [6, 6.07) is 21.9. The minimum atomic E-state index is -0.702. The van der Waals surface area contributed by atoms with Crippen molar-refractivity contribution < 1.29 is 14.3 Å². The van der Waals surface area contributed by atoms with Crippen LogP contribution in [0, 0.1) is 6.92 Å². The van der Waals surface area contributed by atoms with Gasteiger partial charge in [0, 0.05) is 28.5 Å². The summed E-state index contributed by atoms with van der Waals surface area (Å²) in [5.41, 5.74) is 2.75. The fourth-order valence-electron chi connectivity index (χ4n) is 3.66. The number of hydrogen-bond acceptors (Lipinski definition) is 3. The molecular formula is C28H30BrClN2O3. The summed E-state index contributed by atoms with van der Waals surface area (Å²) in [4.78, 5) is 28.5. The first kappa shape index (κ1) is 26.8. The molecule has 0 saturated carbocycles. The molecule has 3 aromatic carbocycles. The van der Waals surface area contributed by atoms with Crippen LogP contribution in [-0.2, 0) is 22.6 Å².